The highest BCUT2D eigenvalue weighted by atomic mass is 16.2. The molecule has 3 rings (SSSR count). The van der Waals surface area contributed by atoms with Gasteiger partial charge in [0.25, 0.3) is 5.91 Å². The zero-order valence-corrected chi connectivity index (χ0v) is 16.9. The van der Waals surface area contributed by atoms with Crippen molar-refractivity contribution in [3.8, 4) is 0 Å². The Bertz CT molecular complexity index is 1020. The minimum atomic E-state index is -0.117. The van der Waals surface area contributed by atoms with E-state index in [1.165, 1.54) is 12.5 Å². The fourth-order valence-electron chi connectivity index (χ4n) is 3.29. The quantitative estimate of drug-likeness (QED) is 0.671. The molecule has 1 aromatic heterocycles. The largest absolute Gasteiger partial charge is 0.351 e. The number of nitrogens with zero attached hydrogens (tertiary/aromatic N) is 1. The van der Waals surface area contributed by atoms with E-state index in [4.69, 9.17) is 0 Å². The van der Waals surface area contributed by atoms with Gasteiger partial charge in [-0.25, -0.2) is 0 Å². The van der Waals surface area contributed by atoms with Crippen LogP contribution in [0.3, 0.4) is 0 Å². The molecular weight excluding hydrogens is 350 g/mol. The normalized spacial score (nSPS) is 11.0. The molecule has 0 aliphatic rings. The zero-order valence-electron chi connectivity index (χ0n) is 16.9. The van der Waals surface area contributed by atoms with Crippen LogP contribution in [0.1, 0.15) is 42.4 Å². The Balaban J connectivity index is 2.04. The summed E-state index contributed by atoms with van der Waals surface area (Å²) in [4.78, 5) is 24.2. The summed E-state index contributed by atoms with van der Waals surface area (Å²) in [5, 5.41) is 6.74. The second kappa shape index (κ2) is 8.30. The number of nitrogens with one attached hydrogen (secondary N) is 2. The first kappa shape index (κ1) is 19.7. The van der Waals surface area contributed by atoms with Crippen molar-refractivity contribution >= 4 is 28.4 Å². The molecule has 0 radical (unpaired) electrons. The highest BCUT2D eigenvalue weighted by Crippen LogP contribution is 2.25. The first-order valence-electron chi connectivity index (χ1n) is 9.58. The van der Waals surface area contributed by atoms with Crippen molar-refractivity contribution in [2.24, 2.45) is 5.92 Å². The van der Waals surface area contributed by atoms with Crippen LogP contribution in [-0.4, -0.2) is 22.9 Å². The average Bonchev–Trinajstić information content (AvgIpc) is 2.97. The Labute approximate surface area is 165 Å². The highest BCUT2D eigenvalue weighted by Gasteiger charge is 2.17. The fourth-order valence-corrected chi connectivity index (χ4v) is 3.29. The number of hydrogen-bond donors (Lipinski definition) is 2. The summed E-state index contributed by atoms with van der Waals surface area (Å²) < 4.78 is 2.04. The number of aryl methyl sites for hydroxylation is 1. The first-order chi connectivity index (χ1) is 13.3. The van der Waals surface area contributed by atoms with E-state index in [0.717, 1.165) is 22.2 Å². The van der Waals surface area contributed by atoms with E-state index in [1.807, 2.05) is 34.9 Å². The maximum absolute atomic E-state index is 12.9. The Kier molecular flexibility index (Phi) is 5.83. The van der Waals surface area contributed by atoms with Gasteiger partial charge in [-0.2, -0.15) is 0 Å². The van der Waals surface area contributed by atoms with Gasteiger partial charge < -0.3 is 15.2 Å². The third kappa shape index (κ3) is 4.60. The maximum Gasteiger partial charge on any atom is 0.267 e. The van der Waals surface area contributed by atoms with E-state index < -0.39 is 0 Å². The molecule has 0 saturated carbocycles. The van der Waals surface area contributed by atoms with Gasteiger partial charge in [-0.05, 0) is 42.7 Å². The summed E-state index contributed by atoms with van der Waals surface area (Å²) >= 11 is 0. The second-order valence-electron chi connectivity index (χ2n) is 7.66. The van der Waals surface area contributed by atoms with Crippen molar-refractivity contribution in [3.05, 3.63) is 65.4 Å². The van der Waals surface area contributed by atoms with Gasteiger partial charge >= 0.3 is 0 Å². The van der Waals surface area contributed by atoms with Gasteiger partial charge in [0.1, 0.15) is 5.69 Å². The summed E-state index contributed by atoms with van der Waals surface area (Å²) in [6.07, 6.45) is 0. The van der Waals surface area contributed by atoms with E-state index in [-0.39, 0.29) is 11.8 Å². The number of rotatable bonds is 6. The standard InChI is InChI=1S/C23H27N3O2/c1-15(2)13-24-23(28)22-12-19-11-20(25-17(4)27)8-9-21(19)26(22)14-18-7-5-6-16(3)10-18/h5-12,15H,13-14H2,1-4H3,(H,24,28)(H,25,27). The van der Waals surface area contributed by atoms with Crippen LogP contribution < -0.4 is 10.6 Å². The van der Waals surface area contributed by atoms with Crippen molar-refractivity contribution in [1.82, 2.24) is 9.88 Å². The fraction of sp³-hybridized carbons (Fsp3) is 0.304. The first-order valence-corrected chi connectivity index (χ1v) is 9.58. The molecule has 28 heavy (non-hydrogen) atoms. The third-order valence-electron chi connectivity index (χ3n) is 4.55. The predicted octanol–water partition coefficient (Wildman–Crippen LogP) is 4.34. The lowest BCUT2D eigenvalue weighted by atomic mass is 10.1. The Morgan fingerprint density at radius 2 is 1.86 bits per heavy atom. The lowest BCUT2D eigenvalue weighted by molar-refractivity contribution is -0.114. The summed E-state index contributed by atoms with van der Waals surface area (Å²) in [6.45, 7) is 8.92. The molecule has 2 N–H and O–H groups in total. The molecule has 0 saturated heterocycles. The lowest BCUT2D eigenvalue weighted by Crippen LogP contribution is -2.29. The van der Waals surface area contributed by atoms with Crippen molar-refractivity contribution in [3.63, 3.8) is 0 Å². The molecule has 2 aromatic carbocycles. The molecule has 5 nitrogen and oxygen atoms in total. The smallest absolute Gasteiger partial charge is 0.267 e. The van der Waals surface area contributed by atoms with Gasteiger partial charge in [0, 0.05) is 36.6 Å². The number of benzene rings is 2. The van der Waals surface area contributed by atoms with E-state index in [2.05, 4.69) is 49.6 Å². The van der Waals surface area contributed by atoms with Crippen LogP contribution in [0.15, 0.2) is 48.5 Å². The molecule has 5 heteroatoms. The van der Waals surface area contributed by atoms with Gasteiger partial charge in [0.15, 0.2) is 0 Å². The molecule has 3 aromatic rings. The number of anilines is 1. The number of carbonyl (C=O) groups excluding carboxylic acids is 2. The van der Waals surface area contributed by atoms with E-state index in [0.29, 0.717) is 24.7 Å². The van der Waals surface area contributed by atoms with Crippen molar-refractivity contribution < 1.29 is 9.59 Å². The maximum atomic E-state index is 12.9. The second-order valence-corrected chi connectivity index (χ2v) is 7.66. The number of fused-ring (bicyclic) bond motifs is 1. The molecule has 146 valence electrons. The Hall–Kier alpha value is -3.08. The minimum Gasteiger partial charge on any atom is -0.351 e. The molecule has 0 aliphatic carbocycles. The number of amides is 2. The van der Waals surface area contributed by atoms with Gasteiger partial charge in [-0.15, -0.1) is 0 Å². The Morgan fingerprint density at radius 1 is 1.07 bits per heavy atom. The SMILES string of the molecule is CC(=O)Nc1ccc2c(c1)cc(C(=O)NCC(C)C)n2Cc1cccc(C)c1. The third-order valence-corrected chi connectivity index (χ3v) is 4.55. The monoisotopic (exact) mass is 377 g/mol. The van der Waals surface area contributed by atoms with Gasteiger partial charge in [-0.3, -0.25) is 9.59 Å². The molecular formula is C23H27N3O2. The van der Waals surface area contributed by atoms with Crippen LogP contribution in [0, 0.1) is 12.8 Å². The van der Waals surface area contributed by atoms with Crippen molar-refractivity contribution in [2.75, 3.05) is 11.9 Å². The van der Waals surface area contributed by atoms with Crippen molar-refractivity contribution in [2.45, 2.75) is 34.2 Å². The van der Waals surface area contributed by atoms with Crippen molar-refractivity contribution in [1.29, 1.82) is 0 Å². The molecule has 0 bridgehead atoms. The topological polar surface area (TPSA) is 63.1 Å². The van der Waals surface area contributed by atoms with Crippen LogP contribution in [0.5, 0.6) is 0 Å². The van der Waals surface area contributed by atoms with Crippen LogP contribution in [0.4, 0.5) is 5.69 Å². The minimum absolute atomic E-state index is 0.0846. The average molecular weight is 377 g/mol. The molecule has 0 atom stereocenters. The van der Waals surface area contributed by atoms with Crippen LogP contribution in [0.25, 0.3) is 10.9 Å². The highest BCUT2D eigenvalue weighted by molar-refractivity contribution is 6.00. The van der Waals surface area contributed by atoms with Gasteiger partial charge in [0.2, 0.25) is 5.91 Å². The summed E-state index contributed by atoms with van der Waals surface area (Å²) in [5.41, 5.74) is 4.64. The predicted molar refractivity (Wildman–Crippen MR) is 114 cm³/mol. The number of hydrogen-bond acceptors (Lipinski definition) is 2. The van der Waals surface area contributed by atoms with E-state index in [1.54, 1.807) is 0 Å². The van der Waals surface area contributed by atoms with Gasteiger partial charge in [0.05, 0.1) is 0 Å². The van der Waals surface area contributed by atoms with Gasteiger partial charge in [-0.1, -0.05) is 43.7 Å². The van der Waals surface area contributed by atoms with Crippen LogP contribution in [-0.2, 0) is 11.3 Å². The molecule has 0 aliphatic heterocycles. The number of carbonyl (C=O) groups is 2. The molecule has 0 unspecified atom stereocenters. The summed E-state index contributed by atoms with van der Waals surface area (Å²) in [7, 11) is 0. The molecule has 0 fully saturated rings. The van der Waals surface area contributed by atoms with Crippen LogP contribution in [0.2, 0.25) is 0 Å². The molecule has 0 spiro atoms. The van der Waals surface area contributed by atoms with E-state index >= 15 is 0 Å². The molecule has 2 amide bonds. The summed E-state index contributed by atoms with van der Waals surface area (Å²) in [5.74, 6) is 0.178. The van der Waals surface area contributed by atoms with Crippen LogP contribution >= 0.6 is 0 Å². The van der Waals surface area contributed by atoms with E-state index in [9.17, 15) is 9.59 Å². The number of aromatic nitrogens is 1. The summed E-state index contributed by atoms with van der Waals surface area (Å²) in [6, 6.07) is 15.9. The zero-order chi connectivity index (χ0) is 20.3. The Morgan fingerprint density at radius 3 is 2.54 bits per heavy atom. The lowest BCUT2D eigenvalue weighted by Gasteiger charge is -2.13. The molecule has 1 heterocycles.